The molecule has 18 heavy (non-hydrogen) atoms. The molecule has 0 saturated heterocycles. The van der Waals surface area contributed by atoms with Crippen molar-refractivity contribution < 1.29 is 26.1 Å². The molecular weight excluding hydrogens is 269 g/mol. The van der Waals surface area contributed by atoms with Gasteiger partial charge in [0.05, 0.1) is 5.57 Å². The van der Waals surface area contributed by atoms with Gasteiger partial charge in [0.25, 0.3) is 10.1 Å². The molecule has 3 nitrogen and oxygen atoms in total. The molecule has 7 heteroatoms. The minimum atomic E-state index is -4.55. The fourth-order valence-electron chi connectivity index (χ4n) is 2.21. The van der Waals surface area contributed by atoms with Crippen LogP contribution in [0.15, 0.2) is 44.9 Å². The Hall–Kier alpha value is -1.34. The van der Waals surface area contributed by atoms with Crippen molar-refractivity contribution in [1.82, 2.24) is 0 Å². The molecule has 0 saturated carbocycles. The summed E-state index contributed by atoms with van der Waals surface area (Å²) >= 11 is 0. The molecule has 98 valence electrons. The molecule has 0 radical (unpaired) electrons. The van der Waals surface area contributed by atoms with Crippen LogP contribution in [-0.2, 0) is 10.1 Å². The average molecular weight is 278 g/mol. The van der Waals surface area contributed by atoms with Crippen LogP contribution >= 0.6 is 0 Å². The van der Waals surface area contributed by atoms with E-state index in [2.05, 4.69) is 0 Å². The number of hydrogen-bond donors (Lipinski definition) is 1. The fourth-order valence-corrected chi connectivity index (χ4v) is 3.21. The van der Waals surface area contributed by atoms with Gasteiger partial charge in [-0.05, 0) is 42.7 Å². The fraction of sp³-hybridized carbons (Fsp3) is 0.273. The first-order valence-corrected chi connectivity index (χ1v) is 6.38. The van der Waals surface area contributed by atoms with E-state index in [1.807, 2.05) is 0 Å². The minimum absolute atomic E-state index is 0.0534. The Kier molecular flexibility index (Phi) is 2.61. The smallest absolute Gasteiger partial charge is 0.282 e. The third-order valence-corrected chi connectivity index (χ3v) is 3.87. The van der Waals surface area contributed by atoms with E-state index in [4.69, 9.17) is 4.55 Å². The van der Waals surface area contributed by atoms with Gasteiger partial charge in [0.1, 0.15) is 4.91 Å². The van der Waals surface area contributed by atoms with Crippen LogP contribution in [-0.4, -0.2) is 19.1 Å². The lowest BCUT2D eigenvalue weighted by atomic mass is 10.1. The summed E-state index contributed by atoms with van der Waals surface area (Å²) in [6, 6.07) is 0. The average Bonchev–Trinajstić information content (AvgIpc) is 2.60. The molecule has 2 rings (SSSR count). The molecule has 0 heterocycles. The molecule has 0 aliphatic heterocycles. The standard InChI is InChI=1S/C11H9F3O3S/c1-5-4-8(11(12,13)14)7-3-6(2)10(9(5)7)18(15,16)17/h3-4H,1-2H3,(H,15,16,17). The van der Waals surface area contributed by atoms with E-state index in [0.717, 1.165) is 12.2 Å². The van der Waals surface area contributed by atoms with Gasteiger partial charge in [-0.1, -0.05) is 0 Å². The maximum Gasteiger partial charge on any atom is 0.417 e. The minimum Gasteiger partial charge on any atom is -0.282 e. The second-order valence-electron chi connectivity index (χ2n) is 4.16. The summed E-state index contributed by atoms with van der Waals surface area (Å²) in [5.74, 6) is 0. The number of halogens is 3. The van der Waals surface area contributed by atoms with Crippen LogP contribution in [0.4, 0.5) is 13.2 Å². The summed E-state index contributed by atoms with van der Waals surface area (Å²) in [5.41, 5.74) is -0.838. The zero-order valence-corrected chi connectivity index (χ0v) is 10.3. The molecule has 0 aromatic rings. The predicted molar refractivity (Wildman–Crippen MR) is 59.2 cm³/mol. The normalized spacial score (nSPS) is 20.3. The zero-order valence-electron chi connectivity index (χ0n) is 9.46. The van der Waals surface area contributed by atoms with Gasteiger partial charge in [0.15, 0.2) is 0 Å². The van der Waals surface area contributed by atoms with Crippen molar-refractivity contribution in [2.45, 2.75) is 20.0 Å². The monoisotopic (exact) mass is 278 g/mol. The lowest BCUT2D eigenvalue weighted by Gasteiger charge is -2.06. The summed E-state index contributed by atoms with van der Waals surface area (Å²) < 4.78 is 69.8. The van der Waals surface area contributed by atoms with Crippen molar-refractivity contribution in [3.8, 4) is 0 Å². The summed E-state index contributed by atoms with van der Waals surface area (Å²) in [7, 11) is -4.54. The second kappa shape index (κ2) is 3.58. The number of fused-ring (bicyclic) bond motifs is 1. The lowest BCUT2D eigenvalue weighted by Crippen LogP contribution is -2.10. The molecule has 1 N–H and O–H groups in total. The topological polar surface area (TPSA) is 54.4 Å². The number of rotatable bonds is 1. The van der Waals surface area contributed by atoms with E-state index in [-0.39, 0.29) is 22.3 Å². The van der Waals surface area contributed by atoms with Crippen LogP contribution in [0.2, 0.25) is 0 Å². The molecule has 0 aromatic heterocycles. The van der Waals surface area contributed by atoms with Crippen LogP contribution in [0.3, 0.4) is 0 Å². The van der Waals surface area contributed by atoms with Gasteiger partial charge in [0, 0.05) is 5.57 Å². The summed E-state index contributed by atoms with van der Waals surface area (Å²) in [6.45, 7) is 2.73. The van der Waals surface area contributed by atoms with Crippen molar-refractivity contribution in [2.24, 2.45) is 0 Å². The Bertz CT molecular complexity index is 658. The highest BCUT2D eigenvalue weighted by molar-refractivity contribution is 7.90. The van der Waals surface area contributed by atoms with Crippen LogP contribution in [0.25, 0.3) is 0 Å². The predicted octanol–water partition coefficient (Wildman–Crippen LogP) is 2.91. The van der Waals surface area contributed by atoms with Gasteiger partial charge in [-0.15, -0.1) is 0 Å². The van der Waals surface area contributed by atoms with Crippen LogP contribution < -0.4 is 0 Å². The first-order chi connectivity index (χ1) is 8.03. The van der Waals surface area contributed by atoms with Gasteiger partial charge in [-0.3, -0.25) is 4.55 Å². The van der Waals surface area contributed by atoms with Crippen LogP contribution in [0, 0.1) is 0 Å². The van der Waals surface area contributed by atoms with Crippen LogP contribution in [0.5, 0.6) is 0 Å². The molecule has 0 spiro atoms. The molecule has 0 aromatic carbocycles. The van der Waals surface area contributed by atoms with Crippen molar-refractivity contribution in [2.75, 3.05) is 0 Å². The van der Waals surface area contributed by atoms with E-state index in [0.29, 0.717) is 0 Å². The van der Waals surface area contributed by atoms with E-state index in [1.165, 1.54) is 13.8 Å². The second-order valence-corrected chi connectivity index (χ2v) is 5.52. The number of allylic oxidation sites excluding steroid dienone is 7. The van der Waals surface area contributed by atoms with Crippen molar-refractivity contribution in [1.29, 1.82) is 0 Å². The Labute approximate surface area is 102 Å². The first-order valence-electron chi connectivity index (χ1n) is 4.94. The van der Waals surface area contributed by atoms with E-state index >= 15 is 0 Å². The Balaban J connectivity index is 2.80. The van der Waals surface area contributed by atoms with Gasteiger partial charge in [-0.25, -0.2) is 0 Å². The van der Waals surface area contributed by atoms with Gasteiger partial charge in [-0.2, -0.15) is 21.6 Å². The van der Waals surface area contributed by atoms with Crippen molar-refractivity contribution in [3.05, 3.63) is 44.9 Å². The van der Waals surface area contributed by atoms with Gasteiger partial charge in [0.2, 0.25) is 0 Å². The van der Waals surface area contributed by atoms with Crippen molar-refractivity contribution >= 4 is 10.1 Å². The van der Waals surface area contributed by atoms with Crippen molar-refractivity contribution in [3.63, 3.8) is 0 Å². The molecule has 0 atom stereocenters. The SMILES string of the molecule is CC1=CC(C(F)(F)F)=C2C=C(C)C(S(=O)(=O)O)=C12. The highest BCUT2D eigenvalue weighted by Crippen LogP contribution is 2.47. The third kappa shape index (κ3) is 1.83. The Morgan fingerprint density at radius 1 is 1.11 bits per heavy atom. The number of alkyl halides is 3. The third-order valence-electron chi connectivity index (χ3n) is 2.82. The maximum atomic E-state index is 12.8. The molecule has 0 bridgehead atoms. The molecular formula is C11H9F3O3S. The first kappa shape index (κ1) is 13.1. The highest BCUT2D eigenvalue weighted by atomic mass is 32.2. The zero-order chi connectivity index (χ0) is 13.9. The molecule has 2 aliphatic carbocycles. The van der Waals surface area contributed by atoms with Crippen LogP contribution in [0.1, 0.15) is 13.8 Å². The number of hydrogen-bond acceptors (Lipinski definition) is 2. The summed E-state index contributed by atoms with van der Waals surface area (Å²) in [6.07, 6.45) is -2.53. The molecule has 0 amide bonds. The maximum absolute atomic E-state index is 12.8. The Morgan fingerprint density at radius 2 is 1.67 bits per heavy atom. The van der Waals surface area contributed by atoms with Gasteiger partial charge >= 0.3 is 6.18 Å². The Morgan fingerprint density at radius 3 is 2.11 bits per heavy atom. The molecule has 2 aliphatic rings. The quantitative estimate of drug-likeness (QED) is 0.750. The lowest BCUT2D eigenvalue weighted by molar-refractivity contribution is -0.0884. The molecule has 0 fully saturated rings. The summed E-state index contributed by atoms with van der Waals surface area (Å²) in [5, 5.41) is 0. The summed E-state index contributed by atoms with van der Waals surface area (Å²) in [4.78, 5) is -0.439. The highest BCUT2D eigenvalue weighted by Gasteiger charge is 2.42. The van der Waals surface area contributed by atoms with E-state index < -0.39 is 26.8 Å². The van der Waals surface area contributed by atoms with Gasteiger partial charge < -0.3 is 0 Å². The molecule has 0 unspecified atom stereocenters. The van der Waals surface area contributed by atoms with E-state index in [1.54, 1.807) is 0 Å². The largest absolute Gasteiger partial charge is 0.417 e. The van der Waals surface area contributed by atoms with E-state index in [9.17, 15) is 21.6 Å².